The SMILES string of the molecule is c1ccc(-c2ccc(N(Cc3cccc4c3-c3ccccc3C43c4ccccc4-c4ccccc43)c3ccccc3-c3ccccc3)cc2)cc1. The van der Waals surface area contributed by atoms with Gasteiger partial charge in [-0.15, -0.1) is 0 Å². The maximum Gasteiger partial charge on any atom is 0.0725 e. The minimum atomic E-state index is -0.362. The van der Waals surface area contributed by atoms with E-state index in [9.17, 15) is 0 Å². The maximum absolute atomic E-state index is 2.51. The van der Waals surface area contributed by atoms with Gasteiger partial charge in [0.15, 0.2) is 0 Å². The van der Waals surface area contributed by atoms with Crippen molar-refractivity contribution >= 4 is 11.4 Å². The number of hydrogen-bond acceptors (Lipinski definition) is 1. The van der Waals surface area contributed by atoms with E-state index in [0.29, 0.717) is 6.54 Å². The van der Waals surface area contributed by atoms with E-state index in [1.165, 1.54) is 78.0 Å². The lowest BCUT2D eigenvalue weighted by atomic mass is 9.70. The largest absolute Gasteiger partial charge is 0.336 e. The summed E-state index contributed by atoms with van der Waals surface area (Å²) < 4.78 is 0. The average molecular weight is 650 g/mol. The van der Waals surface area contributed by atoms with Gasteiger partial charge in [0.05, 0.1) is 5.41 Å². The number of nitrogens with zero attached hydrogens (tertiary/aromatic N) is 1. The molecule has 0 aromatic heterocycles. The van der Waals surface area contributed by atoms with Gasteiger partial charge in [-0.05, 0) is 85.0 Å². The molecule has 0 N–H and O–H groups in total. The minimum absolute atomic E-state index is 0.362. The fraction of sp³-hybridized carbons (Fsp3) is 0.0400. The van der Waals surface area contributed by atoms with Crippen LogP contribution < -0.4 is 4.90 Å². The fourth-order valence-corrected chi connectivity index (χ4v) is 8.87. The number of para-hydroxylation sites is 1. The van der Waals surface area contributed by atoms with E-state index in [0.717, 1.165) is 5.69 Å². The number of fused-ring (bicyclic) bond motifs is 10. The molecule has 240 valence electrons. The molecule has 0 aliphatic heterocycles. The normalized spacial score (nSPS) is 12.9. The Hall–Kier alpha value is -6.44. The Morgan fingerprint density at radius 2 is 0.804 bits per heavy atom. The number of hydrogen-bond donors (Lipinski definition) is 0. The Morgan fingerprint density at radius 1 is 0.333 bits per heavy atom. The molecule has 0 fully saturated rings. The van der Waals surface area contributed by atoms with Gasteiger partial charge in [-0.3, -0.25) is 0 Å². The van der Waals surface area contributed by atoms with Gasteiger partial charge in [0.2, 0.25) is 0 Å². The van der Waals surface area contributed by atoms with Crippen LogP contribution in [0.3, 0.4) is 0 Å². The standard InChI is InChI=1S/C50H35N/c1-3-16-35(17-4-1)36-30-32-39(33-31-36)51(48-29-14-10-21-40(48)37-18-5-2-6-19-37)34-38-20-15-28-47-49(38)43-24-9-13-27-46(43)50(47)44-25-11-7-22-41(44)42-23-8-12-26-45(42)50/h1-33H,34H2. The Balaban J connectivity index is 1.18. The number of anilines is 2. The first-order chi connectivity index (χ1) is 25.3. The third-order valence-corrected chi connectivity index (χ3v) is 11.0. The van der Waals surface area contributed by atoms with Gasteiger partial charge < -0.3 is 4.90 Å². The highest BCUT2D eigenvalue weighted by molar-refractivity contribution is 5.96. The Morgan fingerprint density at radius 3 is 1.45 bits per heavy atom. The van der Waals surface area contributed by atoms with Crippen molar-refractivity contribution in [2.45, 2.75) is 12.0 Å². The molecular weight excluding hydrogens is 615 g/mol. The zero-order valence-electron chi connectivity index (χ0n) is 28.2. The Kier molecular flexibility index (Phi) is 6.85. The van der Waals surface area contributed by atoms with Crippen molar-refractivity contribution in [3.63, 3.8) is 0 Å². The zero-order valence-corrected chi connectivity index (χ0v) is 28.2. The molecule has 2 aliphatic carbocycles. The van der Waals surface area contributed by atoms with E-state index in [2.05, 4.69) is 205 Å². The zero-order chi connectivity index (χ0) is 33.8. The molecule has 1 spiro atoms. The van der Waals surface area contributed by atoms with Crippen molar-refractivity contribution in [1.29, 1.82) is 0 Å². The molecule has 51 heavy (non-hydrogen) atoms. The van der Waals surface area contributed by atoms with Crippen LogP contribution in [0, 0.1) is 0 Å². The van der Waals surface area contributed by atoms with E-state index in [1.54, 1.807) is 0 Å². The van der Waals surface area contributed by atoms with Crippen LogP contribution in [-0.2, 0) is 12.0 Å². The average Bonchev–Trinajstić information content (AvgIpc) is 3.69. The smallest absolute Gasteiger partial charge is 0.0725 e. The summed E-state index contributed by atoms with van der Waals surface area (Å²) in [6.45, 7) is 0.714. The molecule has 1 heteroatoms. The molecule has 10 rings (SSSR count). The molecule has 0 atom stereocenters. The van der Waals surface area contributed by atoms with Crippen LogP contribution in [0.15, 0.2) is 200 Å². The minimum Gasteiger partial charge on any atom is -0.336 e. The molecule has 0 saturated carbocycles. The van der Waals surface area contributed by atoms with Gasteiger partial charge in [-0.2, -0.15) is 0 Å². The molecule has 0 amide bonds. The summed E-state index contributed by atoms with van der Waals surface area (Å²) in [7, 11) is 0. The molecule has 0 saturated heterocycles. The molecule has 8 aromatic rings. The summed E-state index contributed by atoms with van der Waals surface area (Å²) in [6, 6.07) is 73.5. The molecule has 8 aromatic carbocycles. The van der Waals surface area contributed by atoms with Crippen molar-refractivity contribution in [2.75, 3.05) is 4.90 Å². The molecular formula is C50H35N. The quantitative estimate of drug-likeness (QED) is 0.173. The summed E-state index contributed by atoms with van der Waals surface area (Å²) in [5.74, 6) is 0. The number of rotatable bonds is 6. The lowest BCUT2D eigenvalue weighted by Gasteiger charge is -2.31. The van der Waals surface area contributed by atoms with Crippen LogP contribution >= 0.6 is 0 Å². The van der Waals surface area contributed by atoms with Crippen molar-refractivity contribution in [3.05, 3.63) is 228 Å². The van der Waals surface area contributed by atoms with Crippen molar-refractivity contribution in [2.24, 2.45) is 0 Å². The van der Waals surface area contributed by atoms with Crippen LogP contribution in [0.4, 0.5) is 11.4 Å². The topological polar surface area (TPSA) is 3.24 Å². The van der Waals surface area contributed by atoms with E-state index in [1.807, 2.05) is 0 Å². The van der Waals surface area contributed by atoms with Crippen LogP contribution in [0.5, 0.6) is 0 Å². The summed E-state index contributed by atoms with van der Waals surface area (Å²) in [5.41, 5.74) is 19.0. The van der Waals surface area contributed by atoms with Crippen molar-refractivity contribution < 1.29 is 0 Å². The summed E-state index contributed by atoms with van der Waals surface area (Å²) >= 11 is 0. The van der Waals surface area contributed by atoms with Crippen LogP contribution in [0.2, 0.25) is 0 Å². The predicted octanol–water partition coefficient (Wildman–Crippen LogP) is 12.7. The lowest BCUT2D eigenvalue weighted by molar-refractivity contribution is 0.792. The highest BCUT2D eigenvalue weighted by Gasteiger charge is 2.51. The molecule has 1 nitrogen and oxygen atoms in total. The van der Waals surface area contributed by atoms with Gasteiger partial charge in [-0.25, -0.2) is 0 Å². The monoisotopic (exact) mass is 649 g/mol. The molecule has 0 unspecified atom stereocenters. The van der Waals surface area contributed by atoms with Gasteiger partial charge >= 0.3 is 0 Å². The van der Waals surface area contributed by atoms with Gasteiger partial charge in [0, 0.05) is 23.5 Å². The first-order valence-corrected chi connectivity index (χ1v) is 17.8. The van der Waals surface area contributed by atoms with E-state index in [4.69, 9.17) is 0 Å². The third-order valence-electron chi connectivity index (χ3n) is 11.0. The van der Waals surface area contributed by atoms with Crippen LogP contribution in [0.25, 0.3) is 44.5 Å². The molecule has 2 aliphatic rings. The van der Waals surface area contributed by atoms with E-state index < -0.39 is 0 Å². The van der Waals surface area contributed by atoms with Crippen LogP contribution in [-0.4, -0.2) is 0 Å². The third kappa shape index (κ3) is 4.48. The Bertz CT molecular complexity index is 2500. The first kappa shape index (κ1) is 29.5. The highest BCUT2D eigenvalue weighted by Crippen LogP contribution is 2.63. The maximum atomic E-state index is 2.51. The van der Waals surface area contributed by atoms with Crippen molar-refractivity contribution in [1.82, 2.24) is 0 Å². The molecule has 0 heterocycles. The second-order valence-electron chi connectivity index (χ2n) is 13.6. The summed E-state index contributed by atoms with van der Waals surface area (Å²) in [6.07, 6.45) is 0. The summed E-state index contributed by atoms with van der Waals surface area (Å²) in [4.78, 5) is 2.51. The van der Waals surface area contributed by atoms with Gasteiger partial charge in [-0.1, -0.05) is 182 Å². The second-order valence-corrected chi connectivity index (χ2v) is 13.6. The Labute approximate surface area is 299 Å². The van der Waals surface area contributed by atoms with Gasteiger partial charge in [0.25, 0.3) is 0 Å². The molecule has 0 radical (unpaired) electrons. The van der Waals surface area contributed by atoms with E-state index >= 15 is 0 Å². The lowest BCUT2D eigenvalue weighted by Crippen LogP contribution is -2.26. The van der Waals surface area contributed by atoms with E-state index in [-0.39, 0.29) is 5.41 Å². The van der Waals surface area contributed by atoms with Gasteiger partial charge in [0.1, 0.15) is 0 Å². The van der Waals surface area contributed by atoms with Crippen molar-refractivity contribution in [3.8, 4) is 44.5 Å². The highest BCUT2D eigenvalue weighted by atomic mass is 15.1. The molecule has 0 bridgehead atoms. The second kappa shape index (κ2) is 11.9. The summed E-state index contributed by atoms with van der Waals surface area (Å²) in [5, 5.41) is 0. The predicted molar refractivity (Wildman–Crippen MR) is 212 cm³/mol. The number of benzene rings is 8. The van der Waals surface area contributed by atoms with Crippen LogP contribution in [0.1, 0.15) is 27.8 Å². The fourth-order valence-electron chi connectivity index (χ4n) is 8.87. The first-order valence-electron chi connectivity index (χ1n) is 17.8.